The van der Waals surface area contributed by atoms with Crippen molar-refractivity contribution in [2.45, 2.75) is 0 Å². The smallest absolute Gasteiger partial charge is 0.206 e. The Morgan fingerprint density at radius 1 is 1.36 bits per heavy atom. The summed E-state index contributed by atoms with van der Waals surface area (Å²) >= 11 is 1.54. The van der Waals surface area contributed by atoms with E-state index in [1.807, 2.05) is 5.38 Å². The summed E-state index contributed by atoms with van der Waals surface area (Å²) in [5.41, 5.74) is 0. The van der Waals surface area contributed by atoms with Gasteiger partial charge in [0.15, 0.2) is 5.13 Å². The SMILES string of the molecule is c1c[nH]c(Nc2nccs2)n1. The minimum absolute atomic E-state index is 0.722. The number of nitrogens with zero attached hydrogens (tertiary/aromatic N) is 2. The molecule has 5 heteroatoms. The molecule has 0 spiro atoms. The summed E-state index contributed by atoms with van der Waals surface area (Å²) in [6.07, 6.45) is 5.20. The number of hydrogen-bond acceptors (Lipinski definition) is 4. The molecule has 2 aromatic rings. The predicted molar refractivity (Wildman–Crippen MR) is 44.0 cm³/mol. The van der Waals surface area contributed by atoms with Gasteiger partial charge in [-0.05, 0) is 0 Å². The van der Waals surface area contributed by atoms with Crippen molar-refractivity contribution in [2.24, 2.45) is 0 Å². The lowest BCUT2D eigenvalue weighted by atomic mass is 10.9. The number of nitrogens with one attached hydrogen (secondary N) is 2. The van der Waals surface area contributed by atoms with E-state index in [2.05, 4.69) is 20.3 Å². The van der Waals surface area contributed by atoms with Crippen LogP contribution in [0.1, 0.15) is 0 Å². The Morgan fingerprint density at radius 3 is 3.00 bits per heavy atom. The third kappa shape index (κ3) is 1.38. The van der Waals surface area contributed by atoms with Gasteiger partial charge >= 0.3 is 0 Å². The van der Waals surface area contributed by atoms with Gasteiger partial charge in [-0.2, -0.15) is 0 Å². The van der Waals surface area contributed by atoms with E-state index in [0.29, 0.717) is 0 Å². The Bertz CT molecular complexity index is 267. The molecule has 0 aliphatic heterocycles. The molecule has 0 aliphatic rings. The van der Waals surface area contributed by atoms with Gasteiger partial charge in [-0.15, -0.1) is 11.3 Å². The summed E-state index contributed by atoms with van der Waals surface area (Å²) in [6.45, 7) is 0. The molecular formula is C6H6N4S. The highest BCUT2D eigenvalue weighted by Crippen LogP contribution is 2.14. The lowest BCUT2D eigenvalue weighted by Crippen LogP contribution is -1.89. The van der Waals surface area contributed by atoms with E-state index in [1.54, 1.807) is 18.6 Å². The van der Waals surface area contributed by atoms with Gasteiger partial charge in [0.25, 0.3) is 0 Å². The van der Waals surface area contributed by atoms with Crippen LogP contribution in [0.25, 0.3) is 0 Å². The van der Waals surface area contributed by atoms with Crippen molar-refractivity contribution in [1.82, 2.24) is 15.0 Å². The first-order valence-electron chi connectivity index (χ1n) is 3.11. The van der Waals surface area contributed by atoms with E-state index in [4.69, 9.17) is 0 Å². The fourth-order valence-corrected chi connectivity index (χ4v) is 1.25. The first-order valence-corrected chi connectivity index (χ1v) is 3.99. The van der Waals surface area contributed by atoms with E-state index in [0.717, 1.165) is 11.1 Å². The van der Waals surface area contributed by atoms with Crippen molar-refractivity contribution in [3.8, 4) is 0 Å². The summed E-state index contributed by atoms with van der Waals surface area (Å²) in [6, 6.07) is 0. The second kappa shape index (κ2) is 2.71. The molecular weight excluding hydrogens is 160 g/mol. The van der Waals surface area contributed by atoms with Gasteiger partial charge in [0, 0.05) is 24.0 Å². The topological polar surface area (TPSA) is 53.6 Å². The van der Waals surface area contributed by atoms with Crippen molar-refractivity contribution in [1.29, 1.82) is 0 Å². The van der Waals surface area contributed by atoms with Crippen molar-refractivity contribution < 1.29 is 0 Å². The molecule has 0 saturated heterocycles. The van der Waals surface area contributed by atoms with Crippen LogP contribution in [0.2, 0.25) is 0 Å². The third-order valence-electron chi connectivity index (χ3n) is 1.16. The highest BCUT2D eigenvalue weighted by molar-refractivity contribution is 7.13. The van der Waals surface area contributed by atoms with Crippen molar-refractivity contribution in [3.63, 3.8) is 0 Å². The maximum atomic E-state index is 4.04. The highest BCUT2D eigenvalue weighted by Gasteiger charge is 1.95. The van der Waals surface area contributed by atoms with E-state index >= 15 is 0 Å². The summed E-state index contributed by atoms with van der Waals surface area (Å²) < 4.78 is 0. The minimum atomic E-state index is 0.722. The normalized spacial score (nSPS) is 9.82. The molecule has 0 atom stereocenters. The zero-order valence-electron chi connectivity index (χ0n) is 5.61. The second-order valence-electron chi connectivity index (χ2n) is 1.90. The van der Waals surface area contributed by atoms with Gasteiger partial charge in [-0.3, -0.25) is 0 Å². The van der Waals surface area contributed by atoms with Gasteiger partial charge in [-0.1, -0.05) is 0 Å². The Balaban J connectivity index is 2.14. The molecule has 2 rings (SSSR count). The first-order chi connectivity index (χ1) is 5.45. The van der Waals surface area contributed by atoms with Gasteiger partial charge < -0.3 is 10.3 Å². The molecule has 0 saturated carbocycles. The summed E-state index contributed by atoms with van der Waals surface area (Å²) in [4.78, 5) is 10.9. The fourth-order valence-electron chi connectivity index (χ4n) is 0.720. The molecule has 0 fully saturated rings. The highest BCUT2D eigenvalue weighted by atomic mass is 32.1. The van der Waals surface area contributed by atoms with Gasteiger partial charge in [0.1, 0.15) is 0 Å². The molecule has 4 nitrogen and oxygen atoms in total. The van der Waals surface area contributed by atoms with Crippen LogP contribution < -0.4 is 5.32 Å². The van der Waals surface area contributed by atoms with Gasteiger partial charge in [-0.25, -0.2) is 9.97 Å². The average Bonchev–Trinajstić information content (AvgIpc) is 2.60. The van der Waals surface area contributed by atoms with Crippen LogP contribution in [0.15, 0.2) is 24.0 Å². The van der Waals surface area contributed by atoms with E-state index in [1.165, 1.54) is 11.3 Å². The van der Waals surface area contributed by atoms with Crippen molar-refractivity contribution >= 4 is 22.4 Å². The van der Waals surface area contributed by atoms with Crippen LogP contribution in [0, 0.1) is 0 Å². The number of hydrogen-bond donors (Lipinski definition) is 2. The molecule has 0 amide bonds. The average molecular weight is 166 g/mol. The van der Waals surface area contributed by atoms with E-state index in [9.17, 15) is 0 Å². The molecule has 2 heterocycles. The molecule has 11 heavy (non-hydrogen) atoms. The van der Waals surface area contributed by atoms with Crippen LogP contribution in [-0.4, -0.2) is 15.0 Å². The number of aromatic nitrogens is 3. The number of H-pyrrole nitrogens is 1. The summed E-state index contributed by atoms with van der Waals surface area (Å²) in [5, 5.41) is 5.76. The molecule has 2 aromatic heterocycles. The van der Waals surface area contributed by atoms with Crippen LogP contribution in [0.5, 0.6) is 0 Å². The number of aromatic amines is 1. The van der Waals surface area contributed by atoms with E-state index < -0.39 is 0 Å². The molecule has 2 N–H and O–H groups in total. The Morgan fingerprint density at radius 2 is 2.36 bits per heavy atom. The Labute approximate surface area is 67.3 Å². The molecule has 0 radical (unpaired) electrons. The number of thiazole rings is 1. The zero-order valence-corrected chi connectivity index (χ0v) is 6.43. The number of anilines is 2. The Kier molecular flexibility index (Phi) is 1.57. The van der Waals surface area contributed by atoms with Crippen LogP contribution in [-0.2, 0) is 0 Å². The van der Waals surface area contributed by atoms with Crippen molar-refractivity contribution in [3.05, 3.63) is 24.0 Å². The monoisotopic (exact) mass is 166 g/mol. The first kappa shape index (κ1) is 6.36. The van der Waals surface area contributed by atoms with E-state index in [-0.39, 0.29) is 0 Å². The second-order valence-corrected chi connectivity index (χ2v) is 2.79. The summed E-state index contributed by atoms with van der Waals surface area (Å²) in [5.74, 6) is 0.722. The van der Waals surface area contributed by atoms with Crippen LogP contribution in [0.3, 0.4) is 0 Å². The molecule has 0 unspecified atom stereocenters. The number of imidazole rings is 1. The third-order valence-corrected chi connectivity index (χ3v) is 1.84. The summed E-state index contributed by atoms with van der Waals surface area (Å²) in [7, 11) is 0. The maximum absolute atomic E-state index is 4.04. The number of rotatable bonds is 2. The molecule has 0 aliphatic carbocycles. The predicted octanol–water partition coefficient (Wildman–Crippen LogP) is 1.61. The van der Waals surface area contributed by atoms with Crippen LogP contribution >= 0.6 is 11.3 Å². The quantitative estimate of drug-likeness (QED) is 0.712. The maximum Gasteiger partial charge on any atom is 0.206 e. The fraction of sp³-hybridized carbons (Fsp3) is 0. The molecule has 56 valence electrons. The lowest BCUT2D eigenvalue weighted by molar-refractivity contribution is 1.27. The van der Waals surface area contributed by atoms with Crippen LogP contribution in [0.4, 0.5) is 11.1 Å². The standard InChI is InChI=1S/C6H6N4S/c1-2-8-5(7-1)10-6-9-3-4-11-6/h1-4H,(H2,7,8,9,10). The van der Waals surface area contributed by atoms with Crippen molar-refractivity contribution in [2.75, 3.05) is 5.32 Å². The molecule has 0 aromatic carbocycles. The molecule has 0 bridgehead atoms. The largest absolute Gasteiger partial charge is 0.331 e. The zero-order chi connectivity index (χ0) is 7.52. The van der Waals surface area contributed by atoms with Gasteiger partial charge in [0.2, 0.25) is 5.95 Å². The minimum Gasteiger partial charge on any atom is -0.331 e. The Hall–Kier alpha value is -1.36. The van der Waals surface area contributed by atoms with Gasteiger partial charge in [0.05, 0.1) is 0 Å². The lowest BCUT2D eigenvalue weighted by Gasteiger charge is -1.93.